The molecule has 3 rings (SSSR count). The van der Waals surface area contributed by atoms with Gasteiger partial charge in [-0.3, -0.25) is 0 Å². The first-order valence-electron chi connectivity index (χ1n) is 4.15. The predicted molar refractivity (Wildman–Crippen MR) is 39.3 cm³/mol. The summed E-state index contributed by atoms with van der Waals surface area (Å²) < 4.78 is 5.37. The Morgan fingerprint density at radius 2 is 2.55 bits per heavy atom. The van der Waals surface area contributed by atoms with Crippen molar-refractivity contribution in [3.05, 3.63) is 0 Å². The second kappa shape index (κ2) is 1.61. The minimum atomic E-state index is 0.0995. The van der Waals surface area contributed by atoms with Crippen LogP contribution in [-0.4, -0.2) is 24.5 Å². The van der Waals surface area contributed by atoms with Gasteiger partial charge in [0.1, 0.15) is 0 Å². The molecule has 2 aliphatic heterocycles. The minimum Gasteiger partial charge on any atom is -0.388 e. The topological polar surface area (TPSA) is 30.8 Å². The van der Waals surface area contributed by atoms with Crippen molar-refractivity contribution in [3.8, 4) is 0 Å². The van der Waals surface area contributed by atoms with E-state index in [0.717, 1.165) is 19.6 Å². The number of hydrogen-bond acceptors (Lipinski definition) is 3. The molecule has 1 saturated heterocycles. The Balaban J connectivity index is 1.92. The lowest BCUT2D eigenvalue weighted by Crippen LogP contribution is -2.24. The van der Waals surface area contributed by atoms with Gasteiger partial charge in [-0.1, -0.05) is 5.16 Å². The number of fused-ring (bicyclic) bond motifs is 1. The van der Waals surface area contributed by atoms with Crippen molar-refractivity contribution >= 4 is 5.71 Å². The van der Waals surface area contributed by atoms with Crippen LogP contribution in [0.25, 0.3) is 0 Å². The Labute approximate surface area is 65.4 Å². The Morgan fingerprint density at radius 3 is 3.36 bits per heavy atom. The summed E-state index contributed by atoms with van der Waals surface area (Å²) in [7, 11) is 0. The molecule has 2 heterocycles. The zero-order chi connectivity index (χ0) is 7.47. The standard InChI is InChI=1S/C8H11NO2/c1-5-7-6-4-10-3-2-8(6,7)11-9-5/h6-7H,2-4H2,1H3. The molecule has 0 radical (unpaired) electrons. The van der Waals surface area contributed by atoms with Crippen molar-refractivity contribution in [3.63, 3.8) is 0 Å². The molecule has 60 valence electrons. The number of ether oxygens (including phenoxy) is 1. The molecular weight excluding hydrogens is 142 g/mol. The molecule has 1 saturated carbocycles. The highest BCUT2D eigenvalue weighted by Crippen LogP contribution is 2.61. The molecule has 3 heteroatoms. The van der Waals surface area contributed by atoms with Crippen molar-refractivity contribution in [1.29, 1.82) is 0 Å². The Kier molecular flexibility index (Phi) is 0.876. The Hall–Kier alpha value is -0.570. The number of nitrogens with zero attached hydrogens (tertiary/aromatic N) is 1. The van der Waals surface area contributed by atoms with E-state index >= 15 is 0 Å². The van der Waals surface area contributed by atoms with Crippen LogP contribution < -0.4 is 0 Å². The fourth-order valence-corrected chi connectivity index (χ4v) is 2.54. The van der Waals surface area contributed by atoms with E-state index in [1.54, 1.807) is 0 Å². The van der Waals surface area contributed by atoms with Gasteiger partial charge in [-0.25, -0.2) is 0 Å². The summed E-state index contributed by atoms with van der Waals surface area (Å²) in [5.41, 5.74) is 1.27. The van der Waals surface area contributed by atoms with Crippen LogP contribution in [-0.2, 0) is 9.57 Å². The first-order valence-corrected chi connectivity index (χ1v) is 4.15. The third kappa shape index (κ3) is 0.527. The van der Waals surface area contributed by atoms with E-state index in [-0.39, 0.29) is 5.60 Å². The van der Waals surface area contributed by atoms with Gasteiger partial charge in [-0.15, -0.1) is 0 Å². The molecule has 11 heavy (non-hydrogen) atoms. The summed E-state index contributed by atoms with van der Waals surface area (Å²) in [5.74, 6) is 1.21. The average Bonchev–Trinajstić information content (AvgIpc) is 2.60. The summed E-state index contributed by atoms with van der Waals surface area (Å²) in [6.07, 6.45) is 1.03. The average molecular weight is 153 g/mol. The third-order valence-electron chi connectivity index (χ3n) is 3.19. The van der Waals surface area contributed by atoms with Gasteiger partial charge in [-0.2, -0.15) is 0 Å². The molecule has 3 unspecified atom stereocenters. The lowest BCUT2D eigenvalue weighted by molar-refractivity contribution is -0.0395. The number of oxime groups is 1. The number of hydrogen-bond donors (Lipinski definition) is 0. The zero-order valence-electron chi connectivity index (χ0n) is 6.54. The molecule has 0 aromatic rings. The zero-order valence-corrected chi connectivity index (χ0v) is 6.54. The van der Waals surface area contributed by atoms with E-state index in [1.165, 1.54) is 5.71 Å². The first-order chi connectivity index (χ1) is 5.34. The van der Waals surface area contributed by atoms with Crippen molar-refractivity contribution in [1.82, 2.24) is 0 Å². The largest absolute Gasteiger partial charge is 0.388 e. The molecule has 0 amide bonds. The normalized spacial score (nSPS) is 52.3. The van der Waals surface area contributed by atoms with Crippen molar-refractivity contribution in [2.24, 2.45) is 17.0 Å². The van der Waals surface area contributed by atoms with Crippen LogP contribution in [0, 0.1) is 11.8 Å². The summed E-state index contributed by atoms with van der Waals surface area (Å²) in [6.45, 7) is 3.77. The van der Waals surface area contributed by atoms with Crippen LogP contribution in [0.15, 0.2) is 5.16 Å². The number of rotatable bonds is 0. The molecule has 3 aliphatic rings. The van der Waals surface area contributed by atoms with E-state index in [1.807, 2.05) is 0 Å². The smallest absolute Gasteiger partial charge is 0.154 e. The maximum Gasteiger partial charge on any atom is 0.154 e. The minimum absolute atomic E-state index is 0.0995. The van der Waals surface area contributed by atoms with Crippen molar-refractivity contribution in [2.45, 2.75) is 18.9 Å². The Morgan fingerprint density at radius 1 is 1.64 bits per heavy atom. The van der Waals surface area contributed by atoms with Gasteiger partial charge in [0.05, 0.1) is 24.8 Å². The lowest BCUT2D eigenvalue weighted by Gasteiger charge is -2.18. The van der Waals surface area contributed by atoms with Gasteiger partial charge < -0.3 is 9.57 Å². The van der Waals surface area contributed by atoms with E-state index in [2.05, 4.69) is 12.1 Å². The fourth-order valence-electron chi connectivity index (χ4n) is 2.54. The highest BCUT2D eigenvalue weighted by molar-refractivity contribution is 5.90. The molecule has 0 aromatic carbocycles. The van der Waals surface area contributed by atoms with E-state index in [4.69, 9.17) is 9.57 Å². The summed E-state index contributed by atoms with van der Waals surface area (Å²) in [4.78, 5) is 5.44. The van der Waals surface area contributed by atoms with Crippen molar-refractivity contribution < 1.29 is 9.57 Å². The summed E-state index contributed by atoms with van der Waals surface area (Å²) in [5, 5.41) is 4.00. The van der Waals surface area contributed by atoms with Gasteiger partial charge in [0.15, 0.2) is 5.60 Å². The lowest BCUT2D eigenvalue weighted by atomic mass is 10.1. The van der Waals surface area contributed by atoms with Crippen LogP contribution in [0.4, 0.5) is 0 Å². The van der Waals surface area contributed by atoms with E-state index in [0.29, 0.717) is 11.8 Å². The Bertz CT molecular complexity index is 238. The summed E-state index contributed by atoms with van der Waals surface area (Å²) in [6, 6.07) is 0. The van der Waals surface area contributed by atoms with E-state index < -0.39 is 0 Å². The predicted octanol–water partition coefficient (Wildman–Crippen LogP) is 0.798. The maximum atomic E-state index is 5.44. The van der Waals surface area contributed by atoms with Crippen molar-refractivity contribution in [2.75, 3.05) is 13.2 Å². The highest BCUT2D eigenvalue weighted by Gasteiger charge is 2.72. The van der Waals surface area contributed by atoms with Gasteiger partial charge >= 0.3 is 0 Å². The van der Waals surface area contributed by atoms with Gasteiger partial charge in [0.25, 0.3) is 0 Å². The van der Waals surface area contributed by atoms with Crippen LogP contribution in [0.5, 0.6) is 0 Å². The molecule has 0 N–H and O–H groups in total. The maximum absolute atomic E-state index is 5.44. The molecule has 3 nitrogen and oxygen atoms in total. The molecule has 0 bridgehead atoms. The molecule has 1 aliphatic carbocycles. The highest BCUT2D eigenvalue weighted by atomic mass is 16.7. The first kappa shape index (κ1) is 6.00. The molecule has 1 spiro atoms. The SMILES string of the molecule is CC1=NOC23CCOCC2C13. The van der Waals surface area contributed by atoms with Gasteiger partial charge in [-0.05, 0) is 6.92 Å². The molecule has 0 aromatic heterocycles. The second-order valence-electron chi connectivity index (χ2n) is 3.69. The van der Waals surface area contributed by atoms with Crippen LogP contribution in [0.1, 0.15) is 13.3 Å². The van der Waals surface area contributed by atoms with E-state index in [9.17, 15) is 0 Å². The second-order valence-corrected chi connectivity index (χ2v) is 3.69. The molecule has 2 fully saturated rings. The van der Waals surface area contributed by atoms with Crippen LogP contribution in [0.2, 0.25) is 0 Å². The monoisotopic (exact) mass is 153 g/mol. The summed E-state index contributed by atoms with van der Waals surface area (Å²) >= 11 is 0. The van der Waals surface area contributed by atoms with Gasteiger partial charge in [0, 0.05) is 12.3 Å². The van der Waals surface area contributed by atoms with Crippen LogP contribution in [0.3, 0.4) is 0 Å². The quantitative estimate of drug-likeness (QED) is 0.515. The molecular formula is C8H11NO2. The fraction of sp³-hybridized carbons (Fsp3) is 0.875. The van der Waals surface area contributed by atoms with Crippen LogP contribution >= 0.6 is 0 Å². The molecule has 3 atom stereocenters. The third-order valence-corrected chi connectivity index (χ3v) is 3.19. The van der Waals surface area contributed by atoms with Gasteiger partial charge in [0.2, 0.25) is 0 Å².